The minimum Gasteiger partial charge on any atom is -0.394 e. The molecule has 0 aromatic rings. The van der Waals surface area contributed by atoms with Crippen molar-refractivity contribution in [1.82, 2.24) is 5.32 Å². The van der Waals surface area contributed by atoms with Gasteiger partial charge in [0.2, 0.25) is 5.91 Å². The van der Waals surface area contributed by atoms with Crippen molar-refractivity contribution in [3.63, 3.8) is 0 Å². The van der Waals surface area contributed by atoms with Gasteiger partial charge in [0.1, 0.15) is 48.8 Å². The lowest BCUT2D eigenvalue weighted by atomic mass is 9.97. The van der Waals surface area contributed by atoms with Crippen molar-refractivity contribution in [3.05, 3.63) is 85.1 Å². The molecule has 2 rings (SSSR count). The Morgan fingerprint density at radius 1 is 0.381 bits per heavy atom. The van der Waals surface area contributed by atoms with Crippen LogP contribution in [0.2, 0.25) is 0 Å². The molecule has 2 saturated heterocycles. The molecular formula is C83H149NO13. The first kappa shape index (κ1) is 90.3. The van der Waals surface area contributed by atoms with E-state index in [4.69, 9.17) is 18.9 Å². The maximum absolute atomic E-state index is 13.4. The highest BCUT2D eigenvalue weighted by molar-refractivity contribution is 5.76. The van der Waals surface area contributed by atoms with Gasteiger partial charge in [-0.1, -0.05) is 336 Å². The summed E-state index contributed by atoms with van der Waals surface area (Å²) in [6.45, 7) is 2.71. The molecule has 0 saturated carbocycles. The Labute approximate surface area is 592 Å². The molecule has 12 atom stereocenters. The third-order valence-electron chi connectivity index (χ3n) is 19.3. The lowest BCUT2D eigenvalue weighted by Crippen LogP contribution is -2.65. The first-order chi connectivity index (χ1) is 47.6. The molecule has 0 bridgehead atoms. The number of aliphatic hydroxyl groups is 8. The second-order valence-corrected chi connectivity index (χ2v) is 28.1. The molecule has 2 aliphatic heterocycles. The van der Waals surface area contributed by atoms with E-state index in [-0.39, 0.29) is 18.9 Å². The van der Waals surface area contributed by atoms with Crippen LogP contribution in [0.3, 0.4) is 0 Å². The van der Waals surface area contributed by atoms with Crippen LogP contribution in [-0.4, -0.2) is 140 Å². The second-order valence-electron chi connectivity index (χ2n) is 28.1. The molecular weight excluding hydrogens is 1220 g/mol. The van der Waals surface area contributed by atoms with Crippen molar-refractivity contribution in [1.29, 1.82) is 0 Å². The van der Waals surface area contributed by atoms with E-state index in [1.54, 1.807) is 6.08 Å². The third kappa shape index (κ3) is 49.4. The predicted molar refractivity (Wildman–Crippen MR) is 401 cm³/mol. The molecule has 9 N–H and O–H groups in total. The van der Waals surface area contributed by atoms with Gasteiger partial charge in [0.15, 0.2) is 12.6 Å². The monoisotopic (exact) mass is 1370 g/mol. The zero-order valence-electron chi connectivity index (χ0n) is 61.8. The van der Waals surface area contributed by atoms with Crippen molar-refractivity contribution in [2.45, 2.75) is 415 Å². The fourth-order valence-corrected chi connectivity index (χ4v) is 13.0. The van der Waals surface area contributed by atoms with Crippen molar-refractivity contribution in [2.24, 2.45) is 0 Å². The van der Waals surface area contributed by atoms with E-state index in [0.29, 0.717) is 12.8 Å². The maximum atomic E-state index is 13.4. The van der Waals surface area contributed by atoms with Gasteiger partial charge in [-0.15, -0.1) is 0 Å². The van der Waals surface area contributed by atoms with Gasteiger partial charge in [-0.05, 0) is 83.5 Å². The van der Waals surface area contributed by atoms with E-state index in [9.17, 15) is 45.6 Å². The number of unbranched alkanes of at least 4 members (excludes halogenated alkanes) is 42. The number of hydrogen-bond acceptors (Lipinski definition) is 13. The van der Waals surface area contributed by atoms with Crippen LogP contribution >= 0.6 is 0 Å². The highest BCUT2D eigenvalue weighted by Gasteiger charge is 2.51. The summed E-state index contributed by atoms with van der Waals surface area (Å²) >= 11 is 0. The lowest BCUT2D eigenvalue weighted by molar-refractivity contribution is -0.359. The summed E-state index contributed by atoms with van der Waals surface area (Å²) in [4.78, 5) is 13.4. The molecule has 2 heterocycles. The van der Waals surface area contributed by atoms with Crippen LogP contribution in [0.1, 0.15) is 341 Å². The van der Waals surface area contributed by atoms with Crippen LogP contribution in [0.15, 0.2) is 85.1 Å². The van der Waals surface area contributed by atoms with Gasteiger partial charge in [-0.3, -0.25) is 4.79 Å². The quantitative estimate of drug-likeness (QED) is 0.0204. The Hall–Kier alpha value is -2.83. The molecule has 0 aliphatic carbocycles. The van der Waals surface area contributed by atoms with Crippen molar-refractivity contribution in [2.75, 3.05) is 19.8 Å². The summed E-state index contributed by atoms with van der Waals surface area (Å²) in [6, 6.07) is -0.943. The molecule has 2 aliphatic rings. The summed E-state index contributed by atoms with van der Waals surface area (Å²) in [5, 5.41) is 87.7. The number of carbonyl (C=O) groups is 1. The van der Waals surface area contributed by atoms with E-state index in [1.807, 2.05) is 6.08 Å². The normalized spacial score (nSPS) is 22.6. The molecule has 0 spiro atoms. The number of amides is 1. The molecule has 2 fully saturated rings. The lowest BCUT2D eigenvalue weighted by Gasteiger charge is -2.46. The first-order valence-electron chi connectivity index (χ1n) is 40.3. The largest absolute Gasteiger partial charge is 0.394 e. The van der Waals surface area contributed by atoms with Gasteiger partial charge in [0, 0.05) is 6.42 Å². The Morgan fingerprint density at radius 2 is 0.722 bits per heavy atom. The number of allylic oxidation sites excluding steroid dienone is 13. The second kappa shape index (κ2) is 66.4. The standard InChI is InChI=1S/C83H149NO13/c1-3-5-7-9-11-13-15-17-19-21-23-25-27-29-31-33-35-36-37-39-41-43-45-47-49-51-53-55-57-59-61-63-65-67-75(88)84-71(70-94-82-80(93)78(91)81(74(69-86)96-82)97-83-79(92)77(90)76(89)73(68-85)95-83)72(87)66-64-62-60-58-56-54-52-50-48-46-44-42-40-38-34-32-30-28-26-24-22-20-18-16-14-12-10-8-6-4-2/h5,7,11,13,17,19,23,25,48,50,56,58,64,66,71-74,76-83,85-87,89-93H,3-4,6,8-10,12,14-16,18,20-22,24,26-47,49,51-55,57,59-63,65,67-70H2,1-2H3,(H,84,88)/b7-5-,13-11-,19-17-,25-23-,50-48+,58-56+,66-64+. The van der Waals surface area contributed by atoms with Gasteiger partial charge < -0.3 is 65.1 Å². The summed E-state index contributed by atoms with van der Waals surface area (Å²) < 4.78 is 22.9. The molecule has 14 heteroatoms. The highest BCUT2D eigenvalue weighted by atomic mass is 16.7. The van der Waals surface area contributed by atoms with Crippen molar-refractivity contribution in [3.8, 4) is 0 Å². The molecule has 564 valence electrons. The SMILES string of the molecule is CC/C=C\C/C=C\C/C=C\C/C=C\CCCCCCCCCCCCCCCCCCCCCCC(=O)NC(COC1OC(CO)C(OC2OC(CO)C(O)C(O)C2O)C(O)C1O)C(O)/C=C/CC/C=C/CC/C=C/CCCCCCCCCCCCCCCCCCCCCC. The molecule has 12 unspecified atom stereocenters. The van der Waals surface area contributed by atoms with Crippen LogP contribution < -0.4 is 5.32 Å². The molecule has 14 nitrogen and oxygen atoms in total. The highest BCUT2D eigenvalue weighted by Crippen LogP contribution is 2.30. The fraction of sp³-hybridized carbons (Fsp3) is 0.819. The van der Waals surface area contributed by atoms with Crippen LogP contribution in [0.5, 0.6) is 0 Å². The van der Waals surface area contributed by atoms with Gasteiger partial charge >= 0.3 is 0 Å². The Kier molecular flexibility index (Phi) is 61.8. The van der Waals surface area contributed by atoms with Crippen LogP contribution in [-0.2, 0) is 23.7 Å². The molecule has 1 amide bonds. The summed E-state index contributed by atoms with van der Waals surface area (Å²) in [5.74, 6) is -0.250. The topological polar surface area (TPSA) is 228 Å². The van der Waals surface area contributed by atoms with Crippen LogP contribution in [0.4, 0.5) is 0 Å². The van der Waals surface area contributed by atoms with Crippen molar-refractivity contribution >= 4 is 5.91 Å². The molecule has 0 aromatic heterocycles. The zero-order valence-corrected chi connectivity index (χ0v) is 61.8. The number of carbonyl (C=O) groups excluding carboxylic acids is 1. The van der Waals surface area contributed by atoms with E-state index >= 15 is 0 Å². The zero-order chi connectivity index (χ0) is 70.1. The fourth-order valence-electron chi connectivity index (χ4n) is 13.0. The van der Waals surface area contributed by atoms with E-state index in [1.165, 1.54) is 238 Å². The molecule has 0 radical (unpaired) electrons. The first-order valence-corrected chi connectivity index (χ1v) is 40.3. The van der Waals surface area contributed by atoms with Gasteiger partial charge in [-0.2, -0.15) is 0 Å². The van der Waals surface area contributed by atoms with Crippen molar-refractivity contribution < 1.29 is 64.6 Å². The average molecular weight is 1370 g/mol. The van der Waals surface area contributed by atoms with E-state index in [2.05, 4.69) is 92.1 Å². The summed E-state index contributed by atoms with van der Waals surface area (Å²) in [6.07, 6.45) is 76.7. The molecule has 97 heavy (non-hydrogen) atoms. The third-order valence-corrected chi connectivity index (χ3v) is 19.3. The van der Waals surface area contributed by atoms with E-state index < -0.39 is 86.8 Å². The average Bonchev–Trinajstić information content (AvgIpc) is 0.794. The maximum Gasteiger partial charge on any atom is 0.220 e. The Bertz CT molecular complexity index is 1950. The summed E-state index contributed by atoms with van der Waals surface area (Å²) in [7, 11) is 0. The Morgan fingerprint density at radius 3 is 1.13 bits per heavy atom. The Balaban J connectivity index is 1.63. The molecule has 0 aromatic carbocycles. The predicted octanol–water partition coefficient (Wildman–Crippen LogP) is 18.3. The van der Waals surface area contributed by atoms with Gasteiger partial charge in [0.25, 0.3) is 0 Å². The summed E-state index contributed by atoms with van der Waals surface area (Å²) in [5.41, 5.74) is 0. The van der Waals surface area contributed by atoms with E-state index in [0.717, 1.165) is 70.6 Å². The minimum absolute atomic E-state index is 0.250. The van der Waals surface area contributed by atoms with Crippen LogP contribution in [0.25, 0.3) is 0 Å². The van der Waals surface area contributed by atoms with Crippen LogP contribution in [0, 0.1) is 0 Å². The number of rotatable bonds is 67. The number of hydrogen-bond donors (Lipinski definition) is 9. The number of aliphatic hydroxyl groups excluding tert-OH is 8. The number of nitrogens with one attached hydrogen (secondary N) is 1. The minimum atomic E-state index is -1.80. The smallest absolute Gasteiger partial charge is 0.220 e. The number of ether oxygens (including phenoxy) is 4. The van der Waals surface area contributed by atoms with Gasteiger partial charge in [0.05, 0.1) is 32.0 Å². The van der Waals surface area contributed by atoms with Gasteiger partial charge in [-0.25, -0.2) is 0 Å².